The van der Waals surface area contributed by atoms with Crippen LogP contribution in [-0.2, 0) is 0 Å². The lowest BCUT2D eigenvalue weighted by atomic mass is 10.1. The molecule has 3 N–H and O–H groups in total. The van der Waals surface area contributed by atoms with E-state index in [0.29, 0.717) is 5.84 Å². The van der Waals surface area contributed by atoms with Gasteiger partial charge in [0.25, 0.3) is 0 Å². The molecule has 0 spiro atoms. The summed E-state index contributed by atoms with van der Waals surface area (Å²) in [7, 11) is 0. The Morgan fingerprint density at radius 2 is 1.50 bits per heavy atom. The molecule has 0 heterocycles. The second kappa shape index (κ2) is 10.4. The van der Waals surface area contributed by atoms with Crippen LogP contribution in [0.25, 0.3) is 0 Å². The second-order valence-corrected chi connectivity index (χ2v) is 3.82. The van der Waals surface area contributed by atoms with Gasteiger partial charge in [0, 0.05) is 6.42 Å². The molecule has 0 rings (SSSR count). The highest BCUT2D eigenvalue weighted by Crippen LogP contribution is 2.09. The molecule has 0 saturated heterocycles. The lowest BCUT2D eigenvalue weighted by Crippen LogP contribution is -2.10. The van der Waals surface area contributed by atoms with Crippen LogP contribution in [0.2, 0.25) is 0 Å². The van der Waals surface area contributed by atoms with Crippen LogP contribution in [0.15, 0.2) is 5.16 Å². The normalized spacial score (nSPS) is 11.9. The molecule has 0 saturated carbocycles. The van der Waals surface area contributed by atoms with E-state index in [2.05, 4.69) is 12.1 Å². The Hall–Kier alpha value is -0.730. The molecule has 84 valence electrons. The highest BCUT2D eigenvalue weighted by Gasteiger charge is 1.94. The zero-order valence-electron chi connectivity index (χ0n) is 9.34. The summed E-state index contributed by atoms with van der Waals surface area (Å²) in [5.74, 6) is 0.357. The van der Waals surface area contributed by atoms with Gasteiger partial charge in [-0.1, -0.05) is 57.0 Å². The fourth-order valence-corrected chi connectivity index (χ4v) is 1.49. The topological polar surface area (TPSA) is 58.6 Å². The Labute approximate surface area is 87.4 Å². The van der Waals surface area contributed by atoms with Crippen molar-refractivity contribution in [3.63, 3.8) is 0 Å². The lowest BCUT2D eigenvalue weighted by molar-refractivity contribution is 0.316. The van der Waals surface area contributed by atoms with Crippen LogP contribution in [0.4, 0.5) is 0 Å². The van der Waals surface area contributed by atoms with E-state index in [0.717, 1.165) is 12.8 Å². The van der Waals surface area contributed by atoms with E-state index in [1.54, 1.807) is 0 Å². The van der Waals surface area contributed by atoms with Gasteiger partial charge in [-0.25, -0.2) is 0 Å². The van der Waals surface area contributed by atoms with Gasteiger partial charge in [-0.2, -0.15) is 0 Å². The van der Waals surface area contributed by atoms with Gasteiger partial charge in [-0.15, -0.1) is 0 Å². The standard InChI is InChI=1S/C11H24N2O/c1-2-3-4-5-6-7-8-9-10-11(12)13-14/h14H,2-10H2,1H3,(H2,12,13). The predicted molar refractivity (Wildman–Crippen MR) is 60.6 cm³/mol. The third-order valence-corrected chi connectivity index (χ3v) is 2.41. The molecule has 3 nitrogen and oxygen atoms in total. The molecule has 0 bridgehead atoms. The van der Waals surface area contributed by atoms with Crippen molar-refractivity contribution in [2.24, 2.45) is 10.9 Å². The third kappa shape index (κ3) is 9.36. The number of nitrogens with zero attached hydrogens (tertiary/aromatic N) is 1. The molecule has 0 aromatic heterocycles. The number of oxime groups is 1. The van der Waals surface area contributed by atoms with Crippen LogP contribution in [-0.4, -0.2) is 11.0 Å². The van der Waals surface area contributed by atoms with Crippen molar-refractivity contribution in [3.05, 3.63) is 0 Å². The monoisotopic (exact) mass is 200 g/mol. The lowest BCUT2D eigenvalue weighted by Gasteiger charge is -2.00. The molecule has 0 aromatic carbocycles. The van der Waals surface area contributed by atoms with Gasteiger partial charge >= 0.3 is 0 Å². The Morgan fingerprint density at radius 1 is 1.00 bits per heavy atom. The minimum atomic E-state index is 0.357. The highest BCUT2D eigenvalue weighted by molar-refractivity contribution is 5.79. The van der Waals surface area contributed by atoms with Crippen molar-refractivity contribution in [3.8, 4) is 0 Å². The summed E-state index contributed by atoms with van der Waals surface area (Å²) in [6, 6.07) is 0. The first-order valence-electron chi connectivity index (χ1n) is 5.77. The van der Waals surface area contributed by atoms with Crippen LogP contribution in [0.3, 0.4) is 0 Å². The summed E-state index contributed by atoms with van der Waals surface area (Å²) in [5, 5.41) is 11.2. The van der Waals surface area contributed by atoms with E-state index in [4.69, 9.17) is 10.9 Å². The number of amidine groups is 1. The van der Waals surface area contributed by atoms with Gasteiger partial charge in [-0.05, 0) is 6.42 Å². The molecule has 0 aliphatic rings. The molecule has 14 heavy (non-hydrogen) atoms. The van der Waals surface area contributed by atoms with Gasteiger partial charge in [0.05, 0.1) is 0 Å². The van der Waals surface area contributed by atoms with E-state index in [-0.39, 0.29) is 0 Å². The van der Waals surface area contributed by atoms with Crippen LogP contribution in [0.5, 0.6) is 0 Å². The molecule has 0 amide bonds. The average Bonchev–Trinajstić information content (AvgIpc) is 2.21. The summed E-state index contributed by atoms with van der Waals surface area (Å²) in [4.78, 5) is 0. The van der Waals surface area contributed by atoms with Crippen molar-refractivity contribution >= 4 is 5.84 Å². The Kier molecular flexibility index (Phi) is 9.81. The van der Waals surface area contributed by atoms with Crippen molar-refractivity contribution in [1.82, 2.24) is 0 Å². The Morgan fingerprint density at radius 3 is 2.00 bits per heavy atom. The number of nitrogens with two attached hydrogens (primary N) is 1. The summed E-state index contributed by atoms with van der Waals surface area (Å²) < 4.78 is 0. The first kappa shape index (κ1) is 13.3. The second-order valence-electron chi connectivity index (χ2n) is 3.82. The smallest absolute Gasteiger partial charge is 0.139 e. The first-order chi connectivity index (χ1) is 6.81. The summed E-state index contributed by atoms with van der Waals surface area (Å²) >= 11 is 0. The number of unbranched alkanes of at least 4 members (excludes halogenated alkanes) is 7. The van der Waals surface area contributed by atoms with Gasteiger partial charge in [-0.3, -0.25) is 0 Å². The zero-order valence-corrected chi connectivity index (χ0v) is 9.34. The molecule has 0 fully saturated rings. The van der Waals surface area contributed by atoms with Crippen molar-refractivity contribution < 1.29 is 5.21 Å². The molecule has 0 unspecified atom stereocenters. The van der Waals surface area contributed by atoms with Crippen molar-refractivity contribution in [1.29, 1.82) is 0 Å². The van der Waals surface area contributed by atoms with Gasteiger partial charge in [0.1, 0.15) is 5.84 Å². The van der Waals surface area contributed by atoms with Crippen LogP contribution in [0, 0.1) is 0 Å². The van der Waals surface area contributed by atoms with Crippen LogP contribution >= 0.6 is 0 Å². The summed E-state index contributed by atoms with van der Waals surface area (Å²) in [6.45, 7) is 2.23. The largest absolute Gasteiger partial charge is 0.409 e. The molecule has 0 radical (unpaired) electrons. The summed E-state index contributed by atoms with van der Waals surface area (Å²) in [6.07, 6.45) is 11.0. The molecule has 0 atom stereocenters. The minimum Gasteiger partial charge on any atom is -0.409 e. The quantitative estimate of drug-likeness (QED) is 0.197. The van der Waals surface area contributed by atoms with Crippen LogP contribution < -0.4 is 5.73 Å². The fourth-order valence-electron chi connectivity index (χ4n) is 1.49. The first-order valence-corrected chi connectivity index (χ1v) is 5.77. The SMILES string of the molecule is CCCCCCCCCC/C(N)=N\O. The van der Waals surface area contributed by atoms with Gasteiger partial charge in [0.2, 0.25) is 0 Å². The molecule has 0 aliphatic heterocycles. The van der Waals surface area contributed by atoms with E-state index in [9.17, 15) is 0 Å². The molecule has 0 aliphatic carbocycles. The Balaban J connectivity index is 2.99. The van der Waals surface area contributed by atoms with E-state index in [1.807, 2.05) is 0 Å². The third-order valence-electron chi connectivity index (χ3n) is 2.41. The minimum absolute atomic E-state index is 0.357. The highest BCUT2D eigenvalue weighted by atomic mass is 16.4. The molecule has 0 aromatic rings. The van der Waals surface area contributed by atoms with E-state index >= 15 is 0 Å². The Bertz CT molecular complexity index is 146. The van der Waals surface area contributed by atoms with E-state index < -0.39 is 0 Å². The maximum atomic E-state index is 8.30. The zero-order chi connectivity index (χ0) is 10.6. The van der Waals surface area contributed by atoms with Crippen molar-refractivity contribution in [2.75, 3.05) is 0 Å². The van der Waals surface area contributed by atoms with Crippen LogP contribution in [0.1, 0.15) is 64.7 Å². The number of hydrogen-bond acceptors (Lipinski definition) is 2. The fraction of sp³-hybridized carbons (Fsp3) is 0.909. The maximum absolute atomic E-state index is 8.30. The molecule has 3 heteroatoms. The number of hydrogen-bond donors (Lipinski definition) is 2. The van der Waals surface area contributed by atoms with E-state index in [1.165, 1.54) is 44.9 Å². The van der Waals surface area contributed by atoms with Gasteiger partial charge in [0.15, 0.2) is 0 Å². The van der Waals surface area contributed by atoms with Crippen molar-refractivity contribution in [2.45, 2.75) is 64.7 Å². The predicted octanol–water partition coefficient (Wildman–Crippen LogP) is 3.26. The maximum Gasteiger partial charge on any atom is 0.139 e. The number of rotatable bonds is 9. The average molecular weight is 200 g/mol. The molecular weight excluding hydrogens is 176 g/mol. The summed E-state index contributed by atoms with van der Waals surface area (Å²) in [5.41, 5.74) is 5.35. The van der Waals surface area contributed by atoms with Gasteiger partial charge < -0.3 is 10.9 Å². The molecular formula is C11H24N2O.